The zero-order valence-corrected chi connectivity index (χ0v) is 15.7. The molecule has 1 aromatic rings. The van der Waals surface area contributed by atoms with Crippen LogP contribution in [-0.2, 0) is 16.1 Å². The van der Waals surface area contributed by atoms with Gasteiger partial charge in [0.25, 0.3) is 0 Å². The molecule has 1 amide bonds. The number of amides is 1. The Labute approximate surface area is 156 Å². The molecule has 3 N–H and O–H groups in total. The van der Waals surface area contributed by atoms with Crippen molar-refractivity contribution >= 4 is 11.6 Å². The van der Waals surface area contributed by atoms with E-state index < -0.39 is 0 Å². The van der Waals surface area contributed by atoms with Crippen molar-refractivity contribution in [1.82, 2.24) is 0 Å². The summed E-state index contributed by atoms with van der Waals surface area (Å²) in [4.78, 5) is 12.7. The monoisotopic (exact) mass is 356 g/mol. The van der Waals surface area contributed by atoms with Gasteiger partial charge < -0.3 is 15.8 Å². The molecule has 3 saturated carbocycles. The van der Waals surface area contributed by atoms with Crippen LogP contribution < -0.4 is 11.1 Å². The Morgan fingerprint density at radius 1 is 1.00 bits per heavy atom. The summed E-state index contributed by atoms with van der Waals surface area (Å²) in [6.07, 6.45) is 11.0. The first-order chi connectivity index (χ1) is 12.7. The average Bonchev–Trinajstić information content (AvgIpc) is 3.14. The van der Waals surface area contributed by atoms with Crippen molar-refractivity contribution in [3.63, 3.8) is 0 Å². The summed E-state index contributed by atoms with van der Waals surface area (Å²) in [7, 11) is 0. The number of carbonyl (C=O) groups is 1. The van der Waals surface area contributed by atoms with Crippen LogP contribution in [-0.4, -0.2) is 18.1 Å². The van der Waals surface area contributed by atoms with Gasteiger partial charge in [-0.25, -0.2) is 0 Å². The zero-order chi connectivity index (χ0) is 17.9. The molecule has 2 bridgehead atoms. The second-order valence-corrected chi connectivity index (χ2v) is 8.60. The van der Waals surface area contributed by atoms with Crippen molar-refractivity contribution in [3.8, 4) is 0 Å². The molecular weight excluding hydrogens is 324 g/mol. The molecule has 26 heavy (non-hydrogen) atoms. The summed E-state index contributed by atoms with van der Waals surface area (Å²) in [5.74, 6) is 1.36. The van der Waals surface area contributed by atoms with Crippen LogP contribution in [0.3, 0.4) is 0 Å². The first-order valence-corrected chi connectivity index (χ1v) is 10.5. The average molecular weight is 357 g/mol. The van der Waals surface area contributed by atoms with E-state index in [0.29, 0.717) is 30.6 Å². The minimum atomic E-state index is 0.121. The summed E-state index contributed by atoms with van der Waals surface area (Å²) in [5, 5.41) is 3.12. The molecule has 142 valence electrons. The zero-order valence-electron chi connectivity index (χ0n) is 15.7. The van der Waals surface area contributed by atoms with E-state index in [0.717, 1.165) is 18.5 Å². The standard InChI is InChI=1S/C22H32N2O2/c23-21-16-4-3-5-17(21)13-18(12-16)22(25)24-19-10-8-15(9-11-19)14-26-20-6-1-2-7-20/h8-11,16-18,20-21H,1-7,12-14,23H2,(H,24,25). The molecule has 2 unspecified atom stereocenters. The highest BCUT2D eigenvalue weighted by molar-refractivity contribution is 5.92. The number of nitrogens with two attached hydrogens (primary N) is 1. The number of carbonyl (C=O) groups excluding carboxylic acids is 1. The van der Waals surface area contributed by atoms with Crippen LogP contribution in [0.4, 0.5) is 5.69 Å². The normalized spacial score (nSPS) is 31.7. The Morgan fingerprint density at radius 2 is 1.65 bits per heavy atom. The summed E-state index contributed by atoms with van der Waals surface area (Å²) in [6, 6.07) is 8.44. The molecule has 2 atom stereocenters. The number of nitrogens with one attached hydrogen (secondary N) is 1. The Balaban J connectivity index is 1.28. The smallest absolute Gasteiger partial charge is 0.227 e. The fourth-order valence-corrected chi connectivity index (χ4v) is 5.20. The number of hydrogen-bond acceptors (Lipinski definition) is 3. The van der Waals surface area contributed by atoms with Crippen LogP contribution in [0.1, 0.15) is 63.4 Å². The molecule has 4 rings (SSSR count). The van der Waals surface area contributed by atoms with Gasteiger partial charge in [0, 0.05) is 17.6 Å². The summed E-state index contributed by atoms with van der Waals surface area (Å²) in [5.41, 5.74) is 8.41. The van der Waals surface area contributed by atoms with Crippen LogP contribution in [0.2, 0.25) is 0 Å². The Kier molecular flexibility index (Phi) is 5.60. The van der Waals surface area contributed by atoms with E-state index in [9.17, 15) is 4.79 Å². The third-order valence-corrected chi connectivity index (χ3v) is 6.79. The third-order valence-electron chi connectivity index (χ3n) is 6.79. The van der Waals surface area contributed by atoms with E-state index >= 15 is 0 Å². The number of benzene rings is 1. The first kappa shape index (κ1) is 18.0. The van der Waals surface area contributed by atoms with Gasteiger partial charge in [0.05, 0.1) is 12.7 Å². The van der Waals surface area contributed by atoms with Crippen LogP contribution in [0.25, 0.3) is 0 Å². The van der Waals surface area contributed by atoms with Gasteiger partial charge in [-0.3, -0.25) is 4.79 Å². The molecular formula is C22H32N2O2. The topological polar surface area (TPSA) is 64.4 Å². The van der Waals surface area contributed by atoms with Crippen molar-refractivity contribution in [2.24, 2.45) is 23.5 Å². The lowest BCUT2D eigenvalue weighted by molar-refractivity contribution is -0.122. The van der Waals surface area contributed by atoms with E-state index in [4.69, 9.17) is 10.5 Å². The first-order valence-electron chi connectivity index (χ1n) is 10.5. The molecule has 3 fully saturated rings. The van der Waals surface area contributed by atoms with Gasteiger partial charge in [-0.1, -0.05) is 31.4 Å². The molecule has 0 spiro atoms. The highest BCUT2D eigenvalue weighted by Gasteiger charge is 2.40. The van der Waals surface area contributed by atoms with Gasteiger partial charge in [0.1, 0.15) is 0 Å². The SMILES string of the molecule is NC1C2CCCC1CC(C(=O)Nc1ccc(COC3CCCC3)cc1)C2. The van der Waals surface area contributed by atoms with Gasteiger partial charge in [-0.05, 0) is 68.1 Å². The van der Waals surface area contributed by atoms with Crippen molar-refractivity contribution in [2.75, 3.05) is 5.32 Å². The van der Waals surface area contributed by atoms with Crippen LogP contribution in [0.15, 0.2) is 24.3 Å². The Bertz CT molecular complexity index is 595. The summed E-state index contributed by atoms with van der Waals surface area (Å²) >= 11 is 0. The maximum Gasteiger partial charge on any atom is 0.227 e. The third kappa shape index (κ3) is 4.12. The molecule has 0 radical (unpaired) electrons. The fraction of sp³-hybridized carbons (Fsp3) is 0.682. The van der Waals surface area contributed by atoms with Crippen molar-refractivity contribution in [3.05, 3.63) is 29.8 Å². The Morgan fingerprint density at radius 3 is 2.31 bits per heavy atom. The lowest BCUT2D eigenvalue weighted by Gasteiger charge is -2.43. The van der Waals surface area contributed by atoms with E-state index in [-0.39, 0.29) is 11.8 Å². The lowest BCUT2D eigenvalue weighted by Crippen LogP contribution is -2.48. The predicted molar refractivity (Wildman–Crippen MR) is 104 cm³/mol. The van der Waals surface area contributed by atoms with Crippen LogP contribution in [0, 0.1) is 17.8 Å². The minimum absolute atomic E-state index is 0.121. The number of fused-ring (bicyclic) bond motifs is 2. The maximum absolute atomic E-state index is 12.7. The number of ether oxygens (including phenoxy) is 1. The second kappa shape index (κ2) is 8.10. The minimum Gasteiger partial charge on any atom is -0.374 e. The van der Waals surface area contributed by atoms with Gasteiger partial charge in [-0.2, -0.15) is 0 Å². The Hall–Kier alpha value is -1.39. The molecule has 3 aliphatic rings. The maximum atomic E-state index is 12.7. The molecule has 0 saturated heterocycles. The number of rotatable bonds is 5. The highest BCUT2D eigenvalue weighted by atomic mass is 16.5. The van der Waals surface area contributed by atoms with Crippen molar-refractivity contribution in [1.29, 1.82) is 0 Å². The van der Waals surface area contributed by atoms with Gasteiger partial charge >= 0.3 is 0 Å². The van der Waals surface area contributed by atoms with Crippen molar-refractivity contribution < 1.29 is 9.53 Å². The lowest BCUT2D eigenvalue weighted by atomic mass is 9.65. The summed E-state index contributed by atoms with van der Waals surface area (Å²) < 4.78 is 5.96. The van der Waals surface area contributed by atoms with Gasteiger partial charge in [0.15, 0.2) is 0 Å². The quantitative estimate of drug-likeness (QED) is 0.829. The van der Waals surface area contributed by atoms with Gasteiger partial charge in [0.2, 0.25) is 5.91 Å². The highest BCUT2D eigenvalue weighted by Crippen LogP contribution is 2.42. The van der Waals surface area contributed by atoms with Gasteiger partial charge in [-0.15, -0.1) is 0 Å². The molecule has 0 heterocycles. The number of anilines is 1. The second-order valence-electron chi connectivity index (χ2n) is 8.60. The molecule has 3 aliphatic carbocycles. The van der Waals surface area contributed by atoms with Crippen molar-refractivity contribution in [2.45, 2.75) is 76.5 Å². The largest absolute Gasteiger partial charge is 0.374 e. The van der Waals surface area contributed by atoms with E-state index in [1.54, 1.807) is 0 Å². The molecule has 4 heteroatoms. The van der Waals surface area contributed by atoms with Crippen LogP contribution >= 0.6 is 0 Å². The van der Waals surface area contributed by atoms with E-state index in [1.165, 1.54) is 50.5 Å². The number of hydrogen-bond donors (Lipinski definition) is 2. The van der Waals surface area contributed by atoms with Crippen LogP contribution in [0.5, 0.6) is 0 Å². The molecule has 4 nitrogen and oxygen atoms in total. The van der Waals surface area contributed by atoms with E-state index in [1.807, 2.05) is 12.1 Å². The molecule has 0 aliphatic heterocycles. The predicted octanol–water partition coefficient (Wildman–Crippen LogP) is 4.24. The molecule has 0 aromatic heterocycles. The summed E-state index contributed by atoms with van der Waals surface area (Å²) in [6.45, 7) is 0.669. The fourth-order valence-electron chi connectivity index (χ4n) is 5.20. The van der Waals surface area contributed by atoms with E-state index in [2.05, 4.69) is 17.4 Å². The molecule has 1 aromatic carbocycles.